The summed E-state index contributed by atoms with van der Waals surface area (Å²) in [4.78, 5) is 25.7. The van der Waals surface area contributed by atoms with E-state index in [1.807, 2.05) is 18.2 Å². The number of rotatable bonds is 4. The maximum Gasteiger partial charge on any atom is 0.323 e. The standard InChI is InChI=1S/C19H20N2O3/c1-24-19(23)17-10-14-6-2-3-7-16(14)12-21(17)11-13-5-4-8-15(9-13)18(20)22/h2-9,17H,10-12H2,1H3,(H2,20,22)/t17-/m0/s1. The highest BCUT2D eigenvalue weighted by Crippen LogP contribution is 2.25. The minimum absolute atomic E-state index is 0.240. The lowest BCUT2D eigenvalue weighted by molar-refractivity contribution is -0.148. The number of fused-ring (bicyclic) bond motifs is 1. The van der Waals surface area contributed by atoms with Gasteiger partial charge in [-0.25, -0.2) is 0 Å². The van der Waals surface area contributed by atoms with E-state index >= 15 is 0 Å². The minimum Gasteiger partial charge on any atom is -0.468 e. The van der Waals surface area contributed by atoms with Gasteiger partial charge < -0.3 is 10.5 Å². The molecule has 0 aromatic heterocycles. The molecular weight excluding hydrogens is 304 g/mol. The number of carbonyl (C=O) groups is 2. The van der Waals surface area contributed by atoms with E-state index in [0.29, 0.717) is 25.1 Å². The van der Waals surface area contributed by atoms with E-state index in [1.165, 1.54) is 18.2 Å². The second-order valence-electron chi connectivity index (χ2n) is 5.98. The molecule has 2 N–H and O–H groups in total. The predicted octanol–water partition coefficient (Wildman–Crippen LogP) is 1.89. The van der Waals surface area contributed by atoms with Gasteiger partial charge in [0.25, 0.3) is 0 Å². The quantitative estimate of drug-likeness (QED) is 0.872. The summed E-state index contributed by atoms with van der Waals surface area (Å²) < 4.78 is 4.98. The van der Waals surface area contributed by atoms with Crippen LogP contribution in [0.4, 0.5) is 0 Å². The van der Waals surface area contributed by atoms with E-state index in [4.69, 9.17) is 10.5 Å². The summed E-state index contributed by atoms with van der Waals surface area (Å²) in [6, 6.07) is 15.0. The fourth-order valence-electron chi connectivity index (χ4n) is 3.17. The fourth-order valence-corrected chi connectivity index (χ4v) is 3.17. The normalized spacial score (nSPS) is 17.1. The van der Waals surface area contributed by atoms with Crippen molar-refractivity contribution in [2.75, 3.05) is 7.11 Å². The molecule has 2 aromatic carbocycles. The lowest BCUT2D eigenvalue weighted by Crippen LogP contribution is -2.45. The molecule has 0 bridgehead atoms. The molecule has 2 aromatic rings. The summed E-state index contributed by atoms with van der Waals surface area (Å²) in [6.07, 6.45) is 0.623. The van der Waals surface area contributed by atoms with Gasteiger partial charge in [0.15, 0.2) is 0 Å². The first-order valence-corrected chi connectivity index (χ1v) is 7.86. The van der Waals surface area contributed by atoms with Crippen LogP contribution in [0.3, 0.4) is 0 Å². The van der Waals surface area contributed by atoms with E-state index < -0.39 is 5.91 Å². The van der Waals surface area contributed by atoms with Crippen LogP contribution in [0.2, 0.25) is 0 Å². The van der Waals surface area contributed by atoms with Gasteiger partial charge in [-0.15, -0.1) is 0 Å². The molecule has 1 heterocycles. The Balaban J connectivity index is 1.88. The van der Waals surface area contributed by atoms with Crippen molar-refractivity contribution in [1.29, 1.82) is 0 Å². The van der Waals surface area contributed by atoms with Crippen molar-refractivity contribution in [1.82, 2.24) is 4.90 Å². The number of primary amides is 1. The predicted molar refractivity (Wildman–Crippen MR) is 90.2 cm³/mol. The molecule has 124 valence electrons. The maximum atomic E-state index is 12.2. The van der Waals surface area contributed by atoms with Gasteiger partial charge in [-0.05, 0) is 35.2 Å². The van der Waals surface area contributed by atoms with Crippen LogP contribution < -0.4 is 5.73 Å². The number of benzene rings is 2. The van der Waals surface area contributed by atoms with E-state index in [9.17, 15) is 9.59 Å². The Labute approximate surface area is 141 Å². The highest BCUT2D eigenvalue weighted by molar-refractivity contribution is 5.92. The Kier molecular flexibility index (Phi) is 4.62. The third-order valence-corrected chi connectivity index (χ3v) is 4.42. The molecule has 5 nitrogen and oxygen atoms in total. The lowest BCUT2D eigenvalue weighted by Gasteiger charge is -2.35. The molecule has 0 aliphatic carbocycles. The van der Waals surface area contributed by atoms with Crippen molar-refractivity contribution in [3.63, 3.8) is 0 Å². The van der Waals surface area contributed by atoms with E-state index in [2.05, 4.69) is 17.0 Å². The lowest BCUT2D eigenvalue weighted by atomic mass is 9.93. The van der Waals surface area contributed by atoms with Crippen molar-refractivity contribution in [2.45, 2.75) is 25.6 Å². The van der Waals surface area contributed by atoms with Crippen molar-refractivity contribution in [3.8, 4) is 0 Å². The number of methoxy groups -OCH3 is 1. The molecule has 0 radical (unpaired) electrons. The Morgan fingerprint density at radius 3 is 2.62 bits per heavy atom. The third-order valence-electron chi connectivity index (χ3n) is 4.42. The molecule has 1 aliphatic heterocycles. The second-order valence-corrected chi connectivity index (χ2v) is 5.98. The van der Waals surface area contributed by atoms with Crippen molar-refractivity contribution < 1.29 is 14.3 Å². The Bertz CT molecular complexity index is 773. The Hall–Kier alpha value is -2.66. The Morgan fingerprint density at radius 2 is 1.92 bits per heavy atom. The van der Waals surface area contributed by atoms with Gasteiger partial charge in [0.1, 0.15) is 6.04 Å². The summed E-state index contributed by atoms with van der Waals surface area (Å²) in [5, 5.41) is 0. The van der Waals surface area contributed by atoms with Crippen LogP contribution >= 0.6 is 0 Å². The summed E-state index contributed by atoms with van der Waals surface area (Å²) >= 11 is 0. The van der Waals surface area contributed by atoms with Gasteiger partial charge in [-0.3, -0.25) is 14.5 Å². The average Bonchev–Trinajstić information content (AvgIpc) is 2.60. The molecule has 0 saturated heterocycles. The molecule has 0 unspecified atom stereocenters. The molecule has 1 aliphatic rings. The number of ether oxygens (including phenoxy) is 1. The molecule has 1 atom stereocenters. The largest absolute Gasteiger partial charge is 0.468 e. The van der Waals surface area contributed by atoms with Gasteiger partial charge in [0.05, 0.1) is 7.11 Å². The topological polar surface area (TPSA) is 72.6 Å². The number of hydrogen-bond acceptors (Lipinski definition) is 4. The van der Waals surface area contributed by atoms with Crippen LogP contribution in [0.25, 0.3) is 0 Å². The summed E-state index contributed by atoms with van der Waals surface area (Å²) in [5.74, 6) is -0.694. The highest BCUT2D eigenvalue weighted by atomic mass is 16.5. The highest BCUT2D eigenvalue weighted by Gasteiger charge is 2.32. The average molecular weight is 324 g/mol. The van der Waals surface area contributed by atoms with Crippen LogP contribution in [0, 0.1) is 0 Å². The van der Waals surface area contributed by atoms with Gasteiger partial charge in [0, 0.05) is 18.7 Å². The first-order chi connectivity index (χ1) is 11.6. The van der Waals surface area contributed by atoms with Crippen LogP contribution in [-0.2, 0) is 29.0 Å². The van der Waals surface area contributed by atoms with Crippen LogP contribution in [0.1, 0.15) is 27.0 Å². The van der Waals surface area contributed by atoms with Gasteiger partial charge in [0.2, 0.25) is 5.91 Å². The summed E-state index contributed by atoms with van der Waals surface area (Å²) in [7, 11) is 1.41. The van der Waals surface area contributed by atoms with Crippen molar-refractivity contribution >= 4 is 11.9 Å². The maximum absolute atomic E-state index is 12.2. The molecule has 3 rings (SSSR count). The number of hydrogen-bond donors (Lipinski definition) is 1. The van der Waals surface area contributed by atoms with Gasteiger partial charge in [-0.1, -0.05) is 36.4 Å². The SMILES string of the molecule is COC(=O)[C@@H]1Cc2ccccc2CN1Cc1cccc(C(N)=O)c1. The van der Waals surface area contributed by atoms with Crippen molar-refractivity contribution in [2.24, 2.45) is 5.73 Å². The minimum atomic E-state index is -0.453. The third kappa shape index (κ3) is 3.31. The summed E-state index contributed by atoms with van der Waals surface area (Å²) in [5.41, 5.74) is 9.15. The fraction of sp³-hybridized carbons (Fsp3) is 0.263. The molecular formula is C19H20N2O3. The molecule has 0 spiro atoms. The van der Waals surface area contributed by atoms with E-state index in [-0.39, 0.29) is 12.0 Å². The van der Waals surface area contributed by atoms with Gasteiger partial charge >= 0.3 is 5.97 Å². The molecule has 24 heavy (non-hydrogen) atoms. The molecule has 5 heteroatoms. The van der Waals surface area contributed by atoms with E-state index in [0.717, 1.165) is 5.56 Å². The number of carbonyl (C=O) groups excluding carboxylic acids is 2. The van der Waals surface area contributed by atoms with Crippen LogP contribution in [0.15, 0.2) is 48.5 Å². The van der Waals surface area contributed by atoms with E-state index in [1.54, 1.807) is 18.2 Å². The zero-order chi connectivity index (χ0) is 17.1. The van der Waals surface area contributed by atoms with Crippen molar-refractivity contribution in [3.05, 3.63) is 70.8 Å². The van der Waals surface area contributed by atoms with Crippen LogP contribution in [0.5, 0.6) is 0 Å². The van der Waals surface area contributed by atoms with Gasteiger partial charge in [-0.2, -0.15) is 0 Å². The number of esters is 1. The monoisotopic (exact) mass is 324 g/mol. The zero-order valence-corrected chi connectivity index (χ0v) is 13.6. The number of amides is 1. The first-order valence-electron chi connectivity index (χ1n) is 7.86. The van der Waals surface area contributed by atoms with Crippen LogP contribution in [-0.4, -0.2) is 29.9 Å². The number of nitrogens with zero attached hydrogens (tertiary/aromatic N) is 1. The zero-order valence-electron chi connectivity index (χ0n) is 13.6. The first kappa shape index (κ1) is 16.2. The molecule has 0 fully saturated rings. The number of nitrogens with two attached hydrogens (primary N) is 1. The Morgan fingerprint density at radius 1 is 1.17 bits per heavy atom. The molecule has 0 saturated carbocycles. The smallest absolute Gasteiger partial charge is 0.323 e. The second kappa shape index (κ2) is 6.84. The summed E-state index contributed by atoms with van der Waals surface area (Å²) in [6.45, 7) is 1.21. The molecule has 1 amide bonds.